The number of nitrogens with zero attached hydrogens (tertiary/aromatic N) is 4. The Labute approximate surface area is 227 Å². The number of imide groups is 1. The zero-order chi connectivity index (χ0) is 26.0. The molecule has 38 heavy (non-hydrogen) atoms. The Morgan fingerprint density at radius 2 is 1.68 bits per heavy atom. The van der Waals surface area contributed by atoms with E-state index in [-0.39, 0.29) is 36.2 Å². The molecule has 5 aliphatic rings. The van der Waals surface area contributed by atoms with Crippen molar-refractivity contribution >= 4 is 39.3 Å². The third kappa shape index (κ3) is 3.92. The van der Waals surface area contributed by atoms with E-state index in [0.717, 1.165) is 57.8 Å². The molecule has 0 spiro atoms. The van der Waals surface area contributed by atoms with Crippen molar-refractivity contribution in [1.82, 2.24) is 14.2 Å². The number of rotatable bonds is 6. The molecule has 0 radical (unpaired) electrons. The van der Waals surface area contributed by atoms with Crippen LogP contribution in [0.1, 0.15) is 38.5 Å². The zero-order valence-electron chi connectivity index (χ0n) is 21.9. The summed E-state index contributed by atoms with van der Waals surface area (Å²) in [6.07, 6.45) is 5.72. The number of piperazine rings is 1. The molecular weight excluding hydrogens is 500 g/mol. The molecule has 8 nitrogen and oxygen atoms in total. The average molecular weight is 539 g/mol. The Balaban J connectivity index is 0.991. The van der Waals surface area contributed by atoms with Crippen LogP contribution in [0.15, 0.2) is 24.3 Å². The van der Waals surface area contributed by atoms with E-state index in [0.29, 0.717) is 31.2 Å². The van der Waals surface area contributed by atoms with E-state index in [1.807, 2.05) is 0 Å². The number of amides is 2. The van der Waals surface area contributed by atoms with Gasteiger partial charge in [0, 0.05) is 50.6 Å². The fourth-order valence-electron chi connectivity index (χ4n) is 8.62. The van der Waals surface area contributed by atoms with E-state index in [1.165, 1.54) is 16.5 Å². The first-order valence-corrected chi connectivity index (χ1v) is 15.2. The summed E-state index contributed by atoms with van der Waals surface area (Å²) in [7, 11) is 0. The molecule has 7 rings (SSSR count). The standard InChI is InChI=1S/C29H38N4O4S/c34-17-29(37)14-20-13-22(29)25-24(20)27(35)33(28(25)36)16-19-6-2-1-5-18(19)15-31-9-11-32(12-10-31)26-21-7-3-4-8-23(21)38-30-26/h3-4,7-8,18-20,22,24-25,34,37H,1-2,5-6,9-17H2. The van der Waals surface area contributed by atoms with Gasteiger partial charge in [0.25, 0.3) is 0 Å². The van der Waals surface area contributed by atoms with Crippen molar-refractivity contribution in [2.45, 2.75) is 44.1 Å². The van der Waals surface area contributed by atoms with Crippen LogP contribution in [0.5, 0.6) is 0 Å². The highest BCUT2D eigenvalue weighted by atomic mass is 32.1. The molecule has 2 aliphatic heterocycles. The maximum Gasteiger partial charge on any atom is 0.233 e. The fraction of sp³-hybridized carbons (Fsp3) is 0.690. The zero-order valence-corrected chi connectivity index (χ0v) is 22.7. The normalized spacial score (nSPS) is 37.5. The van der Waals surface area contributed by atoms with Crippen molar-refractivity contribution in [3.05, 3.63) is 24.3 Å². The van der Waals surface area contributed by atoms with Crippen LogP contribution in [0.3, 0.4) is 0 Å². The predicted octanol–water partition coefficient (Wildman–Crippen LogP) is 2.59. The average Bonchev–Trinajstić information content (AvgIpc) is 3.68. The van der Waals surface area contributed by atoms with Gasteiger partial charge in [-0.1, -0.05) is 25.0 Å². The van der Waals surface area contributed by atoms with Crippen LogP contribution >= 0.6 is 11.5 Å². The van der Waals surface area contributed by atoms with E-state index in [2.05, 4.69) is 34.1 Å². The van der Waals surface area contributed by atoms with E-state index in [1.54, 1.807) is 16.4 Å². The van der Waals surface area contributed by atoms with E-state index in [9.17, 15) is 19.8 Å². The van der Waals surface area contributed by atoms with Gasteiger partial charge in [0.2, 0.25) is 11.8 Å². The van der Waals surface area contributed by atoms with E-state index < -0.39 is 11.5 Å². The van der Waals surface area contributed by atoms with Crippen molar-refractivity contribution in [2.24, 2.45) is 35.5 Å². The number of aromatic nitrogens is 1. The highest BCUT2D eigenvalue weighted by molar-refractivity contribution is 7.13. The number of hydrogen-bond acceptors (Lipinski definition) is 8. The number of aliphatic hydroxyl groups excluding tert-OH is 1. The lowest BCUT2D eigenvalue weighted by molar-refractivity contribution is -0.143. The minimum atomic E-state index is -1.20. The lowest BCUT2D eigenvalue weighted by atomic mass is 9.73. The summed E-state index contributed by atoms with van der Waals surface area (Å²) in [6, 6.07) is 8.45. The number of aliphatic hydroxyl groups is 2. The molecule has 3 aliphatic carbocycles. The first-order chi connectivity index (χ1) is 18.5. The quantitative estimate of drug-likeness (QED) is 0.546. The minimum absolute atomic E-state index is 0.0130. The summed E-state index contributed by atoms with van der Waals surface area (Å²) in [5, 5.41) is 21.9. The molecule has 2 amide bonds. The molecule has 7 unspecified atom stereocenters. The maximum absolute atomic E-state index is 13.5. The number of fused-ring (bicyclic) bond motifs is 6. The molecule has 204 valence electrons. The van der Waals surface area contributed by atoms with Crippen LogP contribution in [-0.4, -0.2) is 87.7 Å². The molecule has 5 fully saturated rings. The molecule has 1 aromatic heterocycles. The summed E-state index contributed by atoms with van der Waals surface area (Å²) in [6.45, 7) is 5.16. The van der Waals surface area contributed by atoms with Crippen LogP contribution in [0.4, 0.5) is 5.82 Å². The van der Waals surface area contributed by atoms with Crippen molar-refractivity contribution in [3.63, 3.8) is 0 Å². The SMILES string of the molecule is O=C1C2C3CC(C2C(=O)N1CC1CCCCC1CN1CCN(c2nsc4ccccc24)CC1)C(O)(CO)C3. The number of likely N-dealkylation sites (tertiary alicyclic amines) is 1. The van der Waals surface area contributed by atoms with Crippen molar-refractivity contribution < 1.29 is 19.8 Å². The van der Waals surface area contributed by atoms with Gasteiger partial charge in [0.15, 0.2) is 0 Å². The van der Waals surface area contributed by atoms with Gasteiger partial charge < -0.3 is 15.1 Å². The van der Waals surface area contributed by atoms with Gasteiger partial charge in [-0.25, -0.2) is 0 Å². The second-order valence-electron chi connectivity index (χ2n) is 12.5. The first kappa shape index (κ1) is 24.9. The van der Waals surface area contributed by atoms with Gasteiger partial charge in [0.1, 0.15) is 5.82 Å². The van der Waals surface area contributed by atoms with Crippen LogP contribution < -0.4 is 4.90 Å². The summed E-state index contributed by atoms with van der Waals surface area (Å²) in [5.41, 5.74) is -1.20. The molecule has 2 saturated heterocycles. The minimum Gasteiger partial charge on any atom is -0.393 e. The maximum atomic E-state index is 13.5. The second kappa shape index (κ2) is 9.54. The van der Waals surface area contributed by atoms with Gasteiger partial charge >= 0.3 is 0 Å². The molecule has 2 aromatic rings. The third-order valence-electron chi connectivity index (χ3n) is 10.6. The molecule has 2 N–H and O–H groups in total. The molecule has 1 aromatic carbocycles. The largest absolute Gasteiger partial charge is 0.393 e. The van der Waals surface area contributed by atoms with Gasteiger partial charge in [-0.3, -0.25) is 19.4 Å². The highest BCUT2D eigenvalue weighted by Gasteiger charge is 2.68. The summed E-state index contributed by atoms with van der Waals surface area (Å²) < 4.78 is 5.98. The van der Waals surface area contributed by atoms with Crippen molar-refractivity contribution in [1.29, 1.82) is 0 Å². The second-order valence-corrected chi connectivity index (χ2v) is 13.3. The van der Waals surface area contributed by atoms with E-state index in [4.69, 9.17) is 4.37 Å². The van der Waals surface area contributed by atoms with Crippen LogP contribution in [0.2, 0.25) is 0 Å². The number of hydrogen-bond donors (Lipinski definition) is 2. The number of carbonyl (C=O) groups excluding carboxylic acids is 2. The number of benzene rings is 1. The molecule has 9 heteroatoms. The molecular formula is C29H38N4O4S. The van der Waals surface area contributed by atoms with Crippen molar-refractivity contribution in [3.8, 4) is 0 Å². The Kier molecular flexibility index (Phi) is 6.26. The Morgan fingerprint density at radius 1 is 0.974 bits per heavy atom. The monoisotopic (exact) mass is 538 g/mol. The van der Waals surface area contributed by atoms with Crippen LogP contribution in [0.25, 0.3) is 10.1 Å². The van der Waals surface area contributed by atoms with Crippen LogP contribution in [-0.2, 0) is 9.59 Å². The van der Waals surface area contributed by atoms with Gasteiger partial charge in [-0.15, -0.1) is 0 Å². The van der Waals surface area contributed by atoms with E-state index >= 15 is 0 Å². The Bertz CT molecular complexity index is 1230. The number of anilines is 1. The fourth-order valence-corrected chi connectivity index (χ4v) is 9.41. The first-order valence-electron chi connectivity index (χ1n) is 14.5. The molecule has 3 heterocycles. The summed E-state index contributed by atoms with van der Waals surface area (Å²) in [5.74, 6) is 0.862. The molecule has 2 bridgehead atoms. The molecule has 7 atom stereocenters. The van der Waals surface area contributed by atoms with Crippen LogP contribution in [0, 0.1) is 35.5 Å². The van der Waals surface area contributed by atoms with Gasteiger partial charge in [0.05, 0.1) is 28.7 Å². The van der Waals surface area contributed by atoms with Gasteiger partial charge in [-0.2, -0.15) is 4.37 Å². The Morgan fingerprint density at radius 3 is 2.45 bits per heavy atom. The Hall–Kier alpha value is -2.07. The summed E-state index contributed by atoms with van der Waals surface area (Å²) in [4.78, 5) is 33.5. The highest BCUT2D eigenvalue weighted by Crippen LogP contribution is 2.60. The molecule has 3 saturated carbocycles. The lowest BCUT2D eigenvalue weighted by Gasteiger charge is -2.40. The predicted molar refractivity (Wildman–Crippen MR) is 146 cm³/mol. The van der Waals surface area contributed by atoms with Crippen molar-refractivity contribution in [2.75, 3.05) is 50.8 Å². The third-order valence-corrected chi connectivity index (χ3v) is 11.4. The summed E-state index contributed by atoms with van der Waals surface area (Å²) >= 11 is 1.57. The smallest absolute Gasteiger partial charge is 0.233 e. The van der Waals surface area contributed by atoms with Gasteiger partial charge in [-0.05, 0) is 67.1 Å². The topological polar surface area (TPSA) is 97.2 Å². The lowest BCUT2D eigenvalue weighted by Crippen LogP contribution is -2.50. The number of carbonyl (C=O) groups is 2.